The molecule has 0 amide bonds. The fourth-order valence-corrected chi connectivity index (χ4v) is 2.27. The van der Waals surface area contributed by atoms with Gasteiger partial charge in [-0.25, -0.2) is 0 Å². The molecule has 0 aromatic carbocycles. The van der Waals surface area contributed by atoms with Crippen LogP contribution in [0, 0.1) is 0 Å². The van der Waals surface area contributed by atoms with E-state index < -0.39 is 0 Å². The standard InChI is InChI=1S/C12H26N2O/c1-10-8-12(9-11(2)15-10)13-6-5-7-14(3)4/h10-13H,5-9H2,1-4H3/t10-,11-/m1/s1. The van der Waals surface area contributed by atoms with Gasteiger partial charge in [-0.15, -0.1) is 0 Å². The second-order valence-corrected chi connectivity index (χ2v) is 5.04. The zero-order chi connectivity index (χ0) is 11.3. The van der Waals surface area contributed by atoms with Gasteiger partial charge in [0.2, 0.25) is 0 Å². The van der Waals surface area contributed by atoms with Crippen molar-refractivity contribution in [2.45, 2.75) is 51.4 Å². The Balaban J connectivity index is 2.10. The molecular weight excluding hydrogens is 188 g/mol. The second kappa shape index (κ2) is 6.46. The molecule has 3 nitrogen and oxygen atoms in total. The number of rotatable bonds is 5. The van der Waals surface area contributed by atoms with E-state index in [1.165, 1.54) is 13.0 Å². The molecule has 0 unspecified atom stereocenters. The summed E-state index contributed by atoms with van der Waals surface area (Å²) in [6.07, 6.45) is 4.38. The minimum absolute atomic E-state index is 0.417. The summed E-state index contributed by atoms with van der Waals surface area (Å²) in [6.45, 7) is 6.64. The topological polar surface area (TPSA) is 24.5 Å². The third kappa shape index (κ3) is 5.50. The molecule has 0 aromatic rings. The maximum absolute atomic E-state index is 5.71. The fourth-order valence-electron chi connectivity index (χ4n) is 2.27. The van der Waals surface area contributed by atoms with Crippen molar-refractivity contribution in [3.05, 3.63) is 0 Å². The highest BCUT2D eigenvalue weighted by Crippen LogP contribution is 2.18. The van der Waals surface area contributed by atoms with Crippen molar-refractivity contribution in [2.75, 3.05) is 27.2 Å². The van der Waals surface area contributed by atoms with Gasteiger partial charge in [0.1, 0.15) is 0 Å². The van der Waals surface area contributed by atoms with Crippen LogP contribution in [0.4, 0.5) is 0 Å². The first-order chi connectivity index (χ1) is 7.08. The Bertz CT molecular complexity index is 163. The van der Waals surface area contributed by atoms with Crippen molar-refractivity contribution in [3.8, 4) is 0 Å². The van der Waals surface area contributed by atoms with Crippen LogP contribution in [0.1, 0.15) is 33.1 Å². The predicted molar refractivity (Wildman–Crippen MR) is 64.2 cm³/mol. The van der Waals surface area contributed by atoms with E-state index in [0.717, 1.165) is 19.4 Å². The Morgan fingerprint density at radius 1 is 1.20 bits per heavy atom. The third-order valence-electron chi connectivity index (χ3n) is 2.91. The van der Waals surface area contributed by atoms with Gasteiger partial charge in [-0.05, 0) is 60.3 Å². The molecule has 2 atom stereocenters. The van der Waals surface area contributed by atoms with E-state index in [2.05, 4.69) is 38.2 Å². The van der Waals surface area contributed by atoms with Gasteiger partial charge in [0, 0.05) is 6.04 Å². The lowest BCUT2D eigenvalue weighted by Crippen LogP contribution is -2.42. The van der Waals surface area contributed by atoms with Gasteiger partial charge in [-0.2, -0.15) is 0 Å². The number of ether oxygens (including phenoxy) is 1. The van der Waals surface area contributed by atoms with Crippen LogP contribution in [-0.4, -0.2) is 50.3 Å². The molecule has 1 N–H and O–H groups in total. The number of hydrogen-bond donors (Lipinski definition) is 1. The summed E-state index contributed by atoms with van der Waals surface area (Å²) in [6, 6.07) is 0.658. The van der Waals surface area contributed by atoms with Crippen molar-refractivity contribution >= 4 is 0 Å². The fraction of sp³-hybridized carbons (Fsp3) is 1.00. The normalized spacial score (nSPS) is 32.2. The smallest absolute Gasteiger partial charge is 0.0565 e. The summed E-state index contributed by atoms with van der Waals surface area (Å²) >= 11 is 0. The van der Waals surface area contributed by atoms with Gasteiger partial charge in [-0.1, -0.05) is 0 Å². The molecular formula is C12H26N2O. The zero-order valence-corrected chi connectivity index (χ0v) is 10.6. The Hall–Kier alpha value is -0.120. The van der Waals surface area contributed by atoms with Crippen LogP contribution < -0.4 is 5.32 Å². The first-order valence-corrected chi connectivity index (χ1v) is 6.11. The summed E-state index contributed by atoms with van der Waals surface area (Å²) in [5, 5.41) is 3.63. The summed E-state index contributed by atoms with van der Waals surface area (Å²) in [5.41, 5.74) is 0. The molecule has 3 heteroatoms. The molecule has 0 aromatic heterocycles. The Morgan fingerprint density at radius 2 is 1.80 bits per heavy atom. The predicted octanol–water partition coefficient (Wildman–Crippen LogP) is 1.48. The highest BCUT2D eigenvalue weighted by molar-refractivity contribution is 4.78. The molecule has 1 fully saturated rings. The van der Waals surface area contributed by atoms with Gasteiger partial charge in [0.25, 0.3) is 0 Å². The van der Waals surface area contributed by atoms with Crippen LogP contribution in [0.3, 0.4) is 0 Å². The zero-order valence-electron chi connectivity index (χ0n) is 10.6. The second-order valence-electron chi connectivity index (χ2n) is 5.04. The van der Waals surface area contributed by atoms with Crippen LogP contribution in [0.5, 0.6) is 0 Å². The first kappa shape index (κ1) is 12.9. The molecule has 1 heterocycles. The van der Waals surface area contributed by atoms with Crippen LogP contribution in [0.15, 0.2) is 0 Å². The number of nitrogens with one attached hydrogen (secondary N) is 1. The largest absolute Gasteiger partial charge is 0.375 e. The molecule has 0 spiro atoms. The Labute approximate surface area is 94.2 Å². The third-order valence-corrected chi connectivity index (χ3v) is 2.91. The first-order valence-electron chi connectivity index (χ1n) is 6.11. The highest BCUT2D eigenvalue weighted by Gasteiger charge is 2.23. The maximum atomic E-state index is 5.71. The maximum Gasteiger partial charge on any atom is 0.0565 e. The van der Waals surface area contributed by atoms with Crippen molar-refractivity contribution in [1.29, 1.82) is 0 Å². The lowest BCUT2D eigenvalue weighted by atomic mass is 10.00. The minimum atomic E-state index is 0.417. The molecule has 15 heavy (non-hydrogen) atoms. The van der Waals surface area contributed by atoms with Crippen molar-refractivity contribution in [2.24, 2.45) is 0 Å². The molecule has 1 saturated heterocycles. The average Bonchev–Trinajstić information content (AvgIpc) is 2.10. The van der Waals surface area contributed by atoms with E-state index in [4.69, 9.17) is 4.74 Å². The van der Waals surface area contributed by atoms with E-state index >= 15 is 0 Å². The summed E-state index contributed by atoms with van der Waals surface area (Å²) in [5.74, 6) is 0. The van der Waals surface area contributed by atoms with Gasteiger partial charge in [0.05, 0.1) is 12.2 Å². The van der Waals surface area contributed by atoms with Gasteiger partial charge in [0.15, 0.2) is 0 Å². The average molecular weight is 214 g/mol. The molecule has 0 saturated carbocycles. The monoisotopic (exact) mass is 214 g/mol. The molecule has 1 aliphatic rings. The quantitative estimate of drug-likeness (QED) is 0.702. The molecule has 1 rings (SSSR count). The Morgan fingerprint density at radius 3 is 2.33 bits per heavy atom. The van der Waals surface area contributed by atoms with Crippen LogP contribution >= 0.6 is 0 Å². The molecule has 0 radical (unpaired) electrons. The summed E-state index contributed by atoms with van der Waals surface area (Å²) in [4.78, 5) is 2.23. The van der Waals surface area contributed by atoms with Gasteiger partial charge in [-0.3, -0.25) is 0 Å². The number of nitrogens with zero attached hydrogens (tertiary/aromatic N) is 1. The lowest BCUT2D eigenvalue weighted by molar-refractivity contribution is -0.0420. The van der Waals surface area contributed by atoms with Crippen LogP contribution in [-0.2, 0) is 4.74 Å². The number of hydrogen-bond acceptors (Lipinski definition) is 3. The molecule has 90 valence electrons. The molecule has 0 aliphatic carbocycles. The van der Waals surface area contributed by atoms with E-state index in [1.807, 2.05) is 0 Å². The molecule has 1 aliphatic heterocycles. The van der Waals surface area contributed by atoms with Crippen molar-refractivity contribution < 1.29 is 4.74 Å². The van der Waals surface area contributed by atoms with E-state index in [-0.39, 0.29) is 0 Å². The van der Waals surface area contributed by atoms with E-state index in [0.29, 0.717) is 18.2 Å². The van der Waals surface area contributed by atoms with Crippen LogP contribution in [0.2, 0.25) is 0 Å². The van der Waals surface area contributed by atoms with Crippen molar-refractivity contribution in [3.63, 3.8) is 0 Å². The minimum Gasteiger partial charge on any atom is -0.375 e. The van der Waals surface area contributed by atoms with Gasteiger partial charge >= 0.3 is 0 Å². The van der Waals surface area contributed by atoms with E-state index in [9.17, 15) is 0 Å². The molecule has 0 bridgehead atoms. The van der Waals surface area contributed by atoms with Crippen molar-refractivity contribution in [1.82, 2.24) is 10.2 Å². The SMILES string of the molecule is C[C@@H]1CC(NCCCN(C)C)C[C@@H](C)O1. The summed E-state index contributed by atoms with van der Waals surface area (Å²) < 4.78 is 5.71. The lowest BCUT2D eigenvalue weighted by Gasteiger charge is -2.32. The van der Waals surface area contributed by atoms with E-state index in [1.54, 1.807) is 0 Å². The van der Waals surface area contributed by atoms with Gasteiger partial charge < -0.3 is 15.0 Å². The highest BCUT2D eigenvalue weighted by atomic mass is 16.5. The summed E-state index contributed by atoms with van der Waals surface area (Å²) in [7, 11) is 4.25. The van der Waals surface area contributed by atoms with Crippen LogP contribution in [0.25, 0.3) is 0 Å². The Kier molecular flexibility index (Phi) is 5.58.